The second-order valence-electron chi connectivity index (χ2n) is 7.41. The number of aromatic nitrogens is 2. The van der Waals surface area contributed by atoms with Gasteiger partial charge in [0.2, 0.25) is 0 Å². The molecule has 6 heteroatoms. The summed E-state index contributed by atoms with van der Waals surface area (Å²) < 4.78 is 8.94. The molecular weight excluding hydrogens is 344 g/mol. The third kappa shape index (κ3) is 3.80. The zero-order valence-corrected chi connectivity index (χ0v) is 16.3. The van der Waals surface area contributed by atoms with Gasteiger partial charge in [-0.1, -0.05) is 0 Å². The summed E-state index contributed by atoms with van der Waals surface area (Å²) in [7, 11) is 5.46. The van der Waals surface area contributed by atoms with Gasteiger partial charge in [-0.3, -0.25) is 9.59 Å². The Hall–Kier alpha value is -2.50. The van der Waals surface area contributed by atoms with E-state index in [9.17, 15) is 9.59 Å². The summed E-state index contributed by atoms with van der Waals surface area (Å²) >= 11 is 0. The number of carboxylic acid groups (broad SMARTS) is 1. The number of hydrogen-bond acceptors (Lipinski definition) is 3. The molecule has 146 valence electrons. The Labute approximate surface area is 159 Å². The van der Waals surface area contributed by atoms with E-state index in [0.29, 0.717) is 0 Å². The molecule has 2 aliphatic carbocycles. The average molecular weight is 372 g/mol. The van der Waals surface area contributed by atoms with Gasteiger partial charge in [-0.05, 0) is 61.8 Å². The van der Waals surface area contributed by atoms with E-state index < -0.39 is 5.97 Å². The summed E-state index contributed by atoms with van der Waals surface area (Å²) in [5, 5.41) is 8.99. The Morgan fingerprint density at radius 3 is 1.93 bits per heavy atom. The van der Waals surface area contributed by atoms with Crippen molar-refractivity contribution in [1.29, 1.82) is 0 Å². The van der Waals surface area contributed by atoms with Crippen molar-refractivity contribution in [2.24, 2.45) is 14.1 Å². The Kier molecular flexibility index (Phi) is 5.73. The van der Waals surface area contributed by atoms with Gasteiger partial charge in [0.15, 0.2) is 0 Å². The van der Waals surface area contributed by atoms with Gasteiger partial charge in [0.1, 0.15) is 0 Å². The van der Waals surface area contributed by atoms with Gasteiger partial charge >= 0.3 is 11.9 Å². The molecule has 0 spiro atoms. The molecular formula is C21H28N2O4. The van der Waals surface area contributed by atoms with Crippen molar-refractivity contribution in [3.8, 4) is 0 Å². The number of aliphatic carboxylic acids is 1. The van der Waals surface area contributed by atoms with Crippen LogP contribution in [0.3, 0.4) is 0 Å². The van der Waals surface area contributed by atoms with Crippen LogP contribution in [0.5, 0.6) is 0 Å². The first-order valence-electron chi connectivity index (χ1n) is 9.52. The molecule has 0 saturated heterocycles. The Balaban J connectivity index is 0.000000156. The van der Waals surface area contributed by atoms with Crippen molar-refractivity contribution >= 4 is 11.9 Å². The lowest BCUT2D eigenvalue weighted by Gasteiger charge is -2.21. The van der Waals surface area contributed by atoms with Crippen LogP contribution in [0.2, 0.25) is 0 Å². The van der Waals surface area contributed by atoms with Crippen LogP contribution < -0.4 is 0 Å². The van der Waals surface area contributed by atoms with E-state index in [1.165, 1.54) is 18.5 Å². The van der Waals surface area contributed by atoms with E-state index in [-0.39, 0.29) is 17.8 Å². The molecule has 2 aliphatic rings. The second-order valence-corrected chi connectivity index (χ2v) is 7.41. The maximum atomic E-state index is 11.5. The highest BCUT2D eigenvalue weighted by molar-refractivity contribution is 5.78. The summed E-state index contributed by atoms with van der Waals surface area (Å²) in [6, 6.07) is 3.98. The van der Waals surface area contributed by atoms with Crippen molar-refractivity contribution in [2.45, 2.75) is 50.4 Å². The largest absolute Gasteiger partial charge is 0.481 e. The third-order valence-corrected chi connectivity index (χ3v) is 5.82. The number of methoxy groups -OCH3 is 1. The van der Waals surface area contributed by atoms with E-state index >= 15 is 0 Å². The predicted octanol–water partition coefficient (Wildman–Crippen LogP) is 3.15. The highest BCUT2D eigenvalue weighted by Gasteiger charge is 2.29. The van der Waals surface area contributed by atoms with Crippen LogP contribution in [0.4, 0.5) is 0 Å². The molecule has 0 bridgehead atoms. The second kappa shape index (κ2) is 8.03. The van der Waals surface area contributed by atoms with Crippen LogP contribution in [0.25, 0.3) is 0 Å². The number of rotatable bonds is 2. The maximum Gasteiger partial charge on any atom is 0.313 e. The van der Waals surface area contributed by atoms with Gasteiger partial charge in [-0.2, -0.15) is 0 Å². The van der Waals surface area contributed by atoms with E-state index in [4.69, 9.17) is 9.84 Å². The standard InChI is InChI=1S/C11H15NO2.C10H13NO2/c1-12-7-6-8-9(11(13)14-2)4-3-5-10(8)12;1-11-6-5-7-8(10(12)13)3-2-4-9(7)11/h6-7,9H,3-5H2,1-2H3;5-6,8H,2-4H2,1H3,(H,12,13). The van der Waals surface area contributed by atoms with Gasteiger partial charge in [0.25, 0.3) is 0 Å². The molecule has 2 aromatic rings. The molecule has 2 heterocycles. The maximum absolute atomic E-state index is 11.5. The molecule has 2 unspecified atom stereocenters. The fourth-order valence-electron chi connectivity index (χ4n) is 4.34. The van der Waals surface area contributed by atoms with Gasteiger partial charge in [-0.25, -0.2) is 0 Å². The van der Waals surface area contributed by atoms with E-state index in [0.717, 1.165) is 49.7 Å². The third-order valence-electron chi connectivity index (χ3n) is 5.82. The summed E-state index contributed by atoms with van der Waals surface area (Å²) in [5.74, 6) is -1.10. The molecule has 4 rings (SSSR count). The van der Waals surface area contributed by atoms with Crippen molar-refractivity contribution < 1.29 is 19.4 Å². The number of carbonyl (C=O) groups excluding carboxylic acids is 1. The van der Waals surface area contributed by atoms with Crippen molar-refractivity contribution in [3.05, 3.63) is 47.0 Å². The lowest BCUT2D eigenvalue weighted by Crippen LogP contribution is -2.19. The number of fused-ring (bicyclic) bond motifs is 2. The van der Waals surface area contributed by atoms with Crippen LogP contribution in [0.1, 0.15) is 60.0 Å². The van der Waals surface area contributed by atoms with Crippen LogP contribution in [-0.2, 0) is 41.3 Å². The molecule has 0 aromatic carbocycles. The number of nitrogens with zero attached hydrogens (tertiary/aromatic N) is 2. The van der Waals surface area contributed by atoms with Crippen molar-refractivity contribution in [1.82, 2.24) is 9.13 Å². The zero-order valence-electron chi connectivity index (χ0n) is 16.3. The lowest BCUT2D eigenvalue weighted by molar-refractivity contribution is -0.143. The number of hydrogen-bond donors (Lipinski definition) is 1. The van der Waals surface area contributed by atoms with Crippen LogP contribution in [0.15, 0.2) is 24.5 Å². The van der Waals surface area contributed by atoms with E-state index in [1.54, 1.807) is 0 Å². The summed E-state index contributed by atoms with van der Waals surface area (Å²) in [6.45, 7) is 0. The number of esters is 1. The number of aryl methyl sites for hydroxylation is 2. The molecule has 0 amide bonds. The molecule has 1 N–H and O–H groups in total. The summed E-state index contributed by atoms with van der Waals surface area (Å²) in [4.78, 5) is 22.4. The first kappa shape index (κ1) is 19.3. The Bertz CT molecular complexity index is 833. The molecule has 0 fully saturated rings. The minimum absolute atomic E-state index is 0.0371. The highest BCUT2D eigenvalue weighted by atomic mass is 16.5. The number of carbonyl (C=O) groups is 2. The Morgan fingerprint density at radius 1 is 0.963 bits per heavy atom. The molecule has 2 atom stereocenters. The molecule has 0 saturated carbocycles. The van der Waals surface area contributed by atoms with Gasteiger partial charge in [0.05, 0.1) is 18.9 Å². The summed E-state index contributed by atoms with van der Waals surface area (Å²) in [5.41, 5.74) is 4.65. The summed E-state index contributed by atoms with van der Waals surface area (Å²) in [6.07, 6.45) is 9.83. The predicted molar refractivity (Wildman–Crippen MR) is 102 cm³/mol. The van der Waals surface area contributed by atoms with Gasteiger partial charge in [-0.15, -0.1) is 0 Å². The SMILES string of the molecule is COC(=O)C1CCCc2c1ccn2C.Cn1ccc2c1CCCC2C(=O)O. The normalized spacial score (nSPS) is 20.7. The fraction of sp³-hybridized carbons (Fsp3) is 0.524. The Morgan fingerprint density at radius 2 is 1.44 bits per heavy atom. The molecule has 0 aliphatic heterocycles. The van der Waals surface area contributed by atoms with Crippen LogP contribution in [-0.4, -0.2) is 33.3 Å². The zero-order chi connectivity index (χ0) is 19.6. The monoisotopic (exact) mass is 372 g/mol. The van der Waals surface area contributed by atoms with Crippen molar-refractivity contribution in [3.63, 3.8) is 0 Å². The topological polar surface area (TPSA) is 73.5 Å². The fourth-order valence-corrected chi connectivity index (χ4v) is 4.34. The van der Waals surface area contributed by atoms with Crippen LogP contribution in [0, 0.1) is 0 Å². The van der Waals surface area contributed by atoms with E-state index in [2.05, 4.69) is 4.57 Å². The quantitative estimate of drug-likeness (QED) is 0.822. The molecule has 2 aromatic heterocycles. The first-order valence-corrected chi connectivity index (χ1v) is 9.52. The average Bonchev–Trinajstić information content (AvgIpc) is 3.25. The minimum Gasteiger partial charge on any atom is -0.481 e. The smallest absolute Gasteiger partial charge is 0.313 e. The molecule has 6 nitrogen and oxygen atoms in total. The van der Waals surface area contributed by atoms with Crippen molar-refractivity contribution in [2.75, 3.05) is 7.11 Å². The lowest BCUT2D eigenvalue weighted by atomic mass is 9.87. The number of ether oxygens (including phenoxy) is 1. The first-order chi connectivity index (χ1) is 12.9. The van der Waals surface area contributed by atoms with Gasteiger partial charge in [0, 0.05) is 37.9 Å². The number of carboxylic acids is 1. The highest BCUT2D eigenvalue weighted by Crippen LogP contribution is 2.33. The minimum atomic E-state index is -0.688. The van der Waals surface area contributed by atoms with Gasteiger partial charge < -0.3 is 19.0 Å². The molecule has 0 radical (unpaired) electrons. The van der Waals surface area contributed by atoms with Crippen LogP contribution >= 0.6 is 0 Å². The molecule has 27 heavy (non-hydrogen) atoms. The van der Waals surface area contributed by atoms with E-state index in [1.807, 2.05) is 43.2 Å².